The number of aliphatic hydroxyl groups excluding tert-OH is 1. The van der Waals surface area contributed by atoms with Crippen molar-refractivity contribution >= 4 is 34.8 Å². The van der Waals surface area contributed by atoms with Crippen LogP contribution in [0.2, 0.25) is 10.0 Å². The first kappa shape index (κ1) is 33.2. The molecule has 1 amide bonds. The minimum absolute atomic E-state index is 0.104. The lowest BCUT2D eigenvalue weighted by Crippen LogP contribution is -2.35. The molecule has 2 aliphatic heterocycles. The Kier molecular flexibility index (Phi) is 10.3. The Morgan fingerprint density at radius 2 is 1.89 bits per heavy atom. The Morgan fingerprint density at radius 1 is 1.09 bits per heavy atom. The van der Waals surface area contributed by atoms with Crippen LogP contribution in [0.15, 0.2) is 60.8 Å². The summed E-state index contributed by atoms with van der Waals surface area (Å²) in [5, 5.41) is 17.4. The molecule has 0 spiro atoms. The highest BCUT2D eigenvalue weighted by molar-refractivity contribution is 6.39. The van der Waals surface area contributed by atoms with Crippen molar-refractivity contribution in [3.63, 3.8) is 0 Å². The number of anilines is 1. The van der Waals surface area contributed by atoms with Crippen molar-refractivity contribution in [1.82, 2.24) is 25.5 Å². The van der Waals surface area contributed by atoms with Gasteiger partial charge in [-0.1, -0.05) is 59.6 Å². The summed E-state index contributed by atoms with van der Waals surface area (Å²) in [4.78, 5) is 25.5. The number of ether oxygens (including phenoxy) is 1. The standard InChI is InChI=1S/C36H40Cl2N6O3/c1-22(45)20-44-16-15-43(2)31-17-23(7-8-25(31)21-44)35-34(38)28(13-14-40-35)27-5-4-6-29(33(27)37)30-11-9-24(36(42-30)47-3)18-39-19-26-10-12-32(46)41-26/h4-9,11,13-14,17,22,26,39,45H,10,12,15-16,18-21H2,1-3H3,(H,41,46)/t22?,26-/m1/s1. The number of nitrogens with zero attached hydrogens (tertiary/aromatic N) is 4. The molecule has 246 valence electrons. The predicted molar refractivity (Wildman–Crippen MR) is 188 cm³/mol. The number of aromatic nitrogens is 2. The first-order valence-corrected chi connectivity index (χ1v) is 16.7. The second-order valence-electron chi connectivity index (χ2n) is 12.3. The summed E-state index contributed by atoms with van der Waals surface area (Å²) in [6, 6.07) is 18.1. The van der Waals surface area contributed by atoms with E-state index in [1.54, 1.807) is 13.3 Å². The van der Waals surface area contributed by atoms with Gasteiger partial charge in [0, 0.05) is 98.5 Å². The van der Waals surface area contributed by atoms with E-state index in [4.69, 9.17) is 32.9 Å². The molecule has 1 saturated heterocycles. The number of benzene rings is 2. The molecule has 47 heavy (non-hydrogen) atoms. The van der Waals surface area contributed by atoms with E-state index in [0.717, 1.165) is 59.6 Å². The third-order valence-corrected chi connectivity index (χ3v) is 9.61. The third-order valence-electron chi connectivity index (χ3n) is 8.82. The monoisotopic (exact) mass is 674 g/mol. The van der Waals surface area contributed by atoms with Crippen LogP contribution in [0.4, 0.5) is 5.69 Å². The lowest BCUT2D eigenvalue weighted by molar-refractivity contribution is -0.119. The van der Waals surface area contributed by atoms with Crippen molar-refractivity contribution in [2.45, 2.75) is 45.0 Å². The van der Waals surface area contributed by atoms with Crippen molar-refractivity contribution < 1.29 is 14.6 Å². The fourth-order valence-electron chi connectivity index (χ4n) is 6.39. The maximum absolute atomic E-state index is 11.5. The van der Waals surface area contributed by atoms with Gasteiger partial charge in [0.25, 0.3) is 0 Å². The minimum Gasteiger partial charge on any atom is -0.481 e. The number of aliphatic hydroxyl groups is 1. The third kappa shape index (κ3) is 7.40. The van der Waals surface area contributed by atoms with Crippen molar-refractivity contribution in [2.24, 2.45) is 0 Å². The van der Waals surface area contributed by atoms with Crippen LogP contribution in [0.5, 0.6) is 5.88 Å². The molecule has 0 radical (unpaired) electrons. The molecule has 2 aliphatic rings. The van der Waals surface area contributed by atoms with Gasteiger partial charge in [-0.05, 0) is 37.1 Å². The summed E-state index contributed by atoms with van der Waals surface area (Å²) in [6.45, 7) is 6.20. The molecule has 0 bridgehead atoms. The van der Waals surface area contributed by atoms with E-state index in [-0.39, 0.29) is 18.1 Å². The fraction of sp³-hybridized carbons (Fsp3) is 0.361. The molecule has 3 N–H and O–H groups in total. The number of β-amino-alcohol motifs (C(OH)–C–C–N with tert-alkyl or cyclic N) is 1. The summed E-state index contributed by atoms with van der Waals surface area (Å²) >= 11 is 14.2. The summed E-state index contributed by atoms with van der Waals surface area (Å²) in [7, 11) is 3.70. The van der Waals surface area contributed by atoms with E-state index in [1.807, 2.05) is 43.3 Å². The number of hydrogen-bond acceptors (Lipinski definition) is 8. The molecule has 4 heterocycles. The molecule has 2 atom stereocenters. The molecule has 6 rings (SSSR count). The average molecular weight is 676 g/mol. The fourth-order valence-corrected chi connectivity index (χ4v) is 7.04. The van der Waals surface area contributed by atoms with Crippen LogP contribution in [0, 0.1) is 0 Å². The second kappa shape index (κ2) is 14.6. The summed E-state index contributed by atoms with van der Waals surface area (Å²) in [6.07, 6.45) is 2.80. The van der Waals surface area contributed by atoms with Gasteiger partial charge in [0.2, 0.25) is 11.8 Å². The molecule has 11 heteroatoms. The molecule has 9 nitrogen and oxygen atoms in total. The average Bonchev–Trinajstić information content (AvgIpc) is 3.41. The van der Waals surface area contributed by atoms with Gasteiger partial charge in [0.1, 0.15) is 0 Å². The molecule has 1 unspecified atom stereocenters. The number of amides is 1. The van der Waals surface area contributed by atoms with Gasteiger partial charge in [-0.15, -0.1) is 0 Å². The quantitative estimate of drug-likeness (QED) is 0.194. The Labute approximate surface area is 285 Å². The molecule has 0 aliphatic carbocycles. The van der Waals surface area contributed by atoms with Gasteiger partial charge in [0.15, 0.2) is 0 Å². The first-order chi connectivity index (χ1) is 22.7. The summed E-state index contributed by atoms with van der Waals surface area (Å²) in [5.74, 6) is 0.616. The number of nitrogens with one attached hydrogen (secondary N) is 2. The zero-order valence-electron chi connectivity index (χ0n) is 26.9. The Bertz CT molecular complexity index is 1770. The molecule has 2 aromatic heterocycles. The maximum atomic E-state index is 11.5. The number of hydrogen-bond donors (Lipinski definition) is 3. The Hall–Kier alpha value is -3.73. The van der Waals surface area contributed by atoms with Crippen molar-refractivity contribution in [3.8, 4) is 39.5 Å². The summed E-state index contributed by atoms with van der Waals surface area (Å²) < 4.78 is 5.65. The van der Waals surface area contributed by atoms with Gasteiger partial charge >= 0.3 is 0 Å². The largest absolute Gasteiger partial charge is 0.481 e. The number of methoxy groups -OCH3 is 1. The number of rotatable bonds is 10. The minimum atomic E-state index is -0.379. The Morgan fingerprint density at radius 3 is 2.66 bits per heavy atom. The van der Waals surface area contributed by atoms with E-state index >= 15 is 0 Å². The number of likely N-dealkylation sites (N-methyl/N-ethyl adjacent to an activating group) is 1. The number of halogens is 2. The Balaban J connectivity index is 1.26. The number of fused-ring (bicyclic) bond motifs is 1. The van der Waals surface area contributed by atoms with Gasteiger partial charge in [-0.2, -0.15) is 0 Å². The van der Waals surface area contributed by atoms with Gasteiger partial charge in [0.05, 0.1) is 34.6 Å². The molecule has 4 aromatic rings. The van der Waals surface area contributed by atoms with Gasteiger partial charge in [-0.25, -0.2) is 4.98 Å². The van der Waals surface area contributed by atoms with Crippen LogP contribution < -0.4 is 20.3 Å². The molecular weight excluding hydrogens is 635 g/mol. The highest BCUT2D eigenvalue weighted by Gasteiger charge is 2.23. The highest BCUT2D eigenvalue weighted by Crippen LogP contribution is 2.42. The smallest absolute Gasteiger partial charge is 0.220 e. The normalized spacial score (nSPS) is 17.3. The number of carbonyl (C=O) groups is 1. The lowest BCUT2D eigenvalue weighted by atomic mass is 9.98. The van der Waals surface area contributed by atoms with Crippen molar-refractivity contribution in [1.29, 1.82) is 0 Å². The van der Waals surface area contributed by atoms with E-state index in [0.29, 0.717) is 53.4 Å². The van der Waals surface area contributed by atoms with E-state index in [2.05, 4.69) is 50.7 Å². The highest BCUT2D eigenvalue weighted by atomic mass is 35.5. The zero-order chi connectivity index (χ0) is 33.1. The number of carbonyl (C=O) groups excluding carboxylic acids is 1. The van der Waals surface area contributed by atoms with Crippen molar-refractivity contribution in [2.75, 3.05) is 45.2 Å². The maximum Gasteiger partial charge on any atom is 0.220 e. The van der Waals surface area contributed by atoms with E-state index in [1.165, 1.54) is 5.56 Å². The van der Waals surface area contributed by atoms with Crippen LogP contribution in [-0.4, -0.2) is 78.4 Å². The van der Waals surface area contributed by atoms with E-state index in [9.17, 15) is 9.90 Å². The van der Waals surface area contributed by atoms with Crippen LogP contribution in [0.25, 0.3) is 33.6 Å². The van der Waals surface area contributed by atoms with Crippen molar-refractivity contribution in [3.05, 3.63) is 82.0 Å². The molecule has 0 saturated carbocycles. The van der Waals surface area contributed by atoms with E-state index < -0.39 is 0 Å². The molecular formula is C36H40Cl2N6O3. The molecule has 1 fully saturated rings. The second-order valence-corrected chi connectivity index (χ2v) is 13.1. The molecule has 2 aromatic carbocycles. The predicted octanol–water partition coefficient (Wildman–Crippen LogP) is 5.79. The first-order valence-electron chi connectivity index (χ1n) is 15.9. The van der Waals surface area contributed by atoms with Crippen LogP contribution in [0.3, 0.4) is 0 Å². The SMILES string of the molecule is COc1nc(-c2cccc(-c3ccnc(-c4ccc5c(c4)N(C)CCN(CC(C)O)C5)c3Cl)c2Cl)ccc1CNC[C@H]1CCC(=O)N1. The van der Waals surface area contributed by atoms with Crippen LogP contribution >= 0.6 is 23.2 Å². The summed E-state index contributed by atoms with van der Waals surface area (Å²) in [5.41, 5.74) is 7.85. The number of pyridine rings is 2. The topological polar surface area (TPSA) is 103 Å². The van der Waals surface area contributed by atoms with Crippen LogP contribution in [-0.2, 0) is 17.9 Å². The van der Waals surface area contributed by atoms with Gasteiger partial charge in [-0.3, -0.25) is 14.7 Å². The zero-order valence-corrected chi connectivity index (χ0v) is 28.4. The van der Waals surface area contributed by atoms with Gasteiger partial charge < -0.3 is 25.4 Å². The lowest BCUT2D eigenvalue weighted by Gasteiger charge is -2.21. The van der Waals surface area contributed by atoms with Crippen LogP contribution in [0.1, 0.15) is 30.9 Å².